The van der Waals surface area contributed by atoms with Crippen molar-refractivity contribution >= 4 is 23.5 Å². The number of aromatic nitrogens is 1. The molecule has 0 spiro atoms. The molecule has 0 aliphatic heterocycles. The van der Waals surface area contributed by atoms with Crippen LogP contribution in [0.4, 0.5) is 0 Å². The second-order valence-corrected chi connectivity index (χ2v) is 4.94. The van der Waals surface area contributed by atoms with Gasteiger partial charge in [-0.3, -0.25) is 9.59 Å². The maximum atomic E-state index is 12.4. The number of carboxylic acids is 1. The van der Waals surface area contributed by atoms with E-state index in [1.54, 1.807) is 13.8 Å². The number of ether oxygens (including phenoxy) is 1. The lowest BCUT2D eigenvalue weighted by Gasteiger charge is -2.27. The van der Waals surface area contributed by atoms with E-state index < -0.39 is 11.9 Å². The molecule has 21 heavy (non-hydrogen) atoms. The molecule has 1 unspecified atom stereocenters. The predicted octanol–water partition coefficient (Wildman–Crippen LogP) is 2.46. The van der Waals surface area contributed by atoms with Crippen molar-refractivity contribution in [1.82, 2.24) is 9.88 Å². The molecule has 1 rings (SSSR count). The van der Waals surface area contributed by atoms with Gasteiger partial charge in [0.2, 0.25) is 5.88 Å². The molecule has 1 N–H and O–H groups in total. The molecule has 0 aromatic carbocycles. The lowest BCUT2D eigenvalue weighted by atomic mass is 10.1. The van der Waals surface area contributed by atoms with E-state index in [0.29, 0.717) is 13.0 Å². The highest BCUT2D eigenvalue weighted by atomic mass is 35.5. The van der Waals surface area contributed by atoms with Gasteiger partial charge in [0.25, 0.3) is 5.91 Å². The van der Waals surface area contributed by atoms with Crippen LogP contribution in [0, 0.1) is 0 Å². The zero-order valence-electron chi connectivity index (χ0n) is 12.3. The Labute approximate surface area is 128 Å². The van der Waals surface area contributed by atoms with Crippen molar-refractivity contribution in [3.8, 4) is 5.88 Å². The summed E-state index contributed by atoms with van der Waals surface area (Å²) in [6.45, 7) is 5.53. The van der Waals surface area contributed by atoms with Gasteiger partial charge >= 0.3 is 5.97 Å². The van der Waals surface area contributed by atoms with Gasteiger partial charge in [0.1, 0.15) is 11.6 Å². The lowest BCUT2D eigenvalue weighted by molar-refractivity contribution is -0.138. The Morgan fingerprint density at radius 1 is 1.48 bits per heavy atom. The molecular formula is C14H19ClN2O4. The van der Waals surface area contributed by atoms with Crippen LogP contribution in [0.25, 0.3) is 0 Å². The molecule has 1 aromatic rings. The summed E-state index contributed by atoms with van der Waals surface area (Å²) < 4.78 is 5.20. The van der Waals surface area contributed by atoms with Gasteiger partial charge in [-0.25, -0.2) is 4.98 Å². The fourth-order valence-corrected chi connectivity index (χ4v) is 1.97. The Balaban J connectivity index is 3.03. The molecule has 1 aromatic heterocycles. The minimum atomic E-state index is -1.06. The topological polar surface area (TPSA) is 79.7 Å². The molecule has 7 heteroatoms. The zero-order chi connectivity index (χ0) is 16.0. The number of hydrogen-bond donors (Lipinski definition) is 1. The van der Waals surface area contributed by atoms with Gasteiger partial charge in [0.05, 0.1) is 12.2 Å². The van der Waals surface area contributed by atoms with Crippen molar-refractivity contribution in [2.75, 3.05) is 13.2 Å². The van der Waals surface area contributed by atoms with Crippen molar-refractivity contribution in [2.45, 2.75) is 33.2 Å². The normalized spacial score (nSPS) is 11.8. The van der Waals surface area contributed by atoms with E-state index in [-0.39, 0.29) is 29.1 Å². The molecule has 0 fully saturated rings. The standard InChI is InChI=1S/C14H19ClN2O4/c1-4-9(3)17(8-12(18)19)14(20)10-6-11(15)13(16-7-10)21-5-2/h6-7,9H,4-5,8H2,1-3H3,(H,18,19). The van der Waals surface area contributed by atoms with Crippen LogP contribution in [0.1, 0.15) is 37.6 Å². The molecule has 0 saturated carbocycles. The molecule has 0 radical (unpaired) electrons. The first-order chi connectivity index (χ1) is 9.90. The fraction of sp³-hybridized carbons (Fsp3) is 0.500. The summed E-state index contributed by atoms with van der Waals surface area (Å²) in [6.07, 6.45) is 1.99. The molecule has 6 nitrogen and oxygen atoms in total. The molecule has 0 saturated heterocycles. The Bertz CT molecular complexity index is 522. The minimum absolute atomic E-state index is 0.195. The van der Waals surface area contributed by atoms with Crippen LogP contribution in [-0.4, -0.2) is 46.1 Å². The van der Waals surface area contributed by atoms with E-state index in [9.17, 15) is 9.59 Å². The first-order valence-electron chi connectivity index (χ1n) is 6.71. The summed E-state index contributed by atoms with van der Waals surface area (Å²) >= 11 is 6.00. The summed E-state index contributed by atoms with van der Waals surface area (Å²) in [5.74, 6) is -1.22. The van der Waals surface area contributed by atoms with Gasteiger partial charge in [-0.1, -0.05) is 18.5 Å². The Hall–Kier alpha value is -1.82. The van der Waals surface area contributed by atoms with Gasteiger partial charge < -0.3 is 14.7 Å². The average molecular weight is 315 g/mol. The number of nitrogens with zero attached hydrogens (tertiary/aromatic N) is 2. The highest BCUT2D eigenvalue weighted by Gasteiger charge is 2.23. The molecule has 116 valence electrons. The fourth-order valence-electron chi connectivity index (χ4n) is 1.74. The zero-order valence-corrected chi connectivity index (χ0v) is 13.1. The number of pyridine rings is 1. The molecular weight excluding hydrogens is 296 g/mol. The van der Waals surface area contributed by atoms with Crippen molar-refractivity contribution in [3.63, 3.8) is 0 Å². The number of rotatable bonds is 7. The van der Waals surface area contributed by atoms with Gasteiger partial charge in [-0.05, 0) is 26.3 Å². The minimum Gasteiger partial charge on any atom is -0.480 e. The van der Waals surface area contributed by atoms with E-state index in [0.717, 1.165) is 0 Å². The van der Waals surface area contributed by atoms with Crippen molar-refractivity contribution < 1.29 is 19.4 Å². The monoisotopic (exact) mass is 314 g/mol. The highest BCUT2D eigenvalue weighted by Crippen LogP contribution is 2.23. The van der Waals surface area contributed by atoms with Crippen LogP contribution in [0.15, 0.2) is 12.3 Å². The number of amides is 1. The number of carbonyl (C=O) groups is 2. The van der Waals surface area contributed by atoms with Crippen LogP contribution >= 0.6 is 11.6 Å². The third-order valence-electron chi connectivity index (χ3n) is 3.02. The van der Waals surface area contributed by atoms with E-state index in [1.165, 1.54) is 17.2 Å². The molecule has 0 aliphatic rings. The Kier molecular flexibility index (Phi) is 6.42. The predicted molar refractivity (Wildman–Crippen MR) is 78.8 cm³/mol. The van der Waals surface area contributed by atoms with Crippen molar-refractivity contribution in [2.24, 2.45) is 0 Å². The number of halogens is 1. The molecule has 1 amide bonds. The molecule has 0 aliphatic carbocycles. The van der Waals surface area contributed by atoms with E-state index in [1.807, 2.05) is 6.92 Å². The van der Waals surface area contributed by atoms with E-state index in [4.69, 9.17) is 21.4 Å². The van der Waals surface area contributed by atoms with Crippen LogP contribution in [-0.2, 0) is 4.79 Å². The maximum absolute atomic E-state index is 12.4. The SMILES string of the molecule is CCOc1ncc(C(=O)N(CC(=O)O)C(C)CC)cc1Cl. The van der Waals surface area contributed by atoms with Gasteiger partial charge in [-0.2, -0.15) is 0 Å². The van der Waals surface area contributed by atoms with Crippen LogP contribution in [0.2, 0.25) is 5.02 Å². The lowest BCUT2D eigenvalue weighted by Crippen LogP contribution is -2.41. The third kappa shape index (κ3) is 4.60. The molecule has 0 bridgehead atoms. The van der Waals surface area contributed by atoms with E-state index >= 15 is 0 Å². The summed E-state index contributed by atoms with van der Waals surface area (Å²) in [5, 5.41) is 9.16. The first-order valence-corrected chi connectivity index (χ1v) is 7.09. The van der Waals surface area contributed by atoms with E-state index in [2.05, 4.69) is 4.98 Å². The van der Waals surface area contributed by atoms with Crippen molar-refractivity contribution in [1.29, 1.82) is 0 Å². The molecule has 1 heterocycles. The van der Waals surface area contributed by atoms with Gasteiger partial charge in [0, 0.05) is 12.2 Å². The summed E-state index contributed by atoms with van der Waals surface area (Å²) in [7, 11) is 0. The van der Waals surface area contributed by atoms with Crippen molar-refractivity contribution in [3.05, 3.63) is 22.8 Å². The summed E-state index contributed by atoms with van der Waals surface area (Å²) in [4.78, 5) is 28.6. The average Bonchev–Trinajstić information content (AvgIpc) is 2.45. The summed E-state index contributed by atoms with van der Waals surface area (Å²) in [5.41, 5.74) is 0.241. The summed E-state index contributed by atoms with van der Waals surface area (Å²) in [6, 6.07) is 1.25. The van der Waals surface area contributed by atoms with Crippen LogP contribution < -0.4 is 4.74 Å². The van der Waals surface area contributed by atoms with Gasteiger partial charge in [0.15, 0.2) is 0 Å². The van der Waals surface area contributed by atoms with Gasteiger partial charge in [-0.15, -0.1) is 0 Å². The number of carbonyl (C=O) groups excluding carboxylic acids is 1. The number of aliphatic carboxylic acids is 1. The maximum Gasteiger partial charge on any atom is 0.323 e. The highest BCUT2D eigenvalue weighted by molar-refractivity contribution is 6.32. The Morgan fingerprint density at radius 3 is 2.62 bits per heavy atom. The second-order valence-electron chi connectivity index (χ2n) is 4.53. The third-order valence-corrected chi connectivity index (χ3v) is 3.30. The molecule has 1 atom stereocenters. The number of carboxylic acid groups (broad SMARTS) is 1. The van der Waals surface area contributed by atoms with Crippen LogP contribution in [0.5, 0.6) is 5.88 Å². The quantitative estimate of drug-likeness (QED) is 0.836. The second kappa shape index (κ2) is 7.83. The largest absolute Gasteiger partial charge is 0.480 e. The smallest absolute Gasteiger partial charge is 0.323 e. The number of hydrogen-bond acceptors (Lipinski definition) is 4. The Morgan fingerprint density at radius 2 is 2.14 bits per heavy atom. The first kappa shape index (κ1) is 17.2. The van der Waals surface area contributed by atoms with Crippen LogP contribution in [0.3, 0.4) is 0 Å².